The zero-order chi connectivity index (χ0) is 22.2. The van der Waals surface area contributed by atoms with E-state index >= 15 is 0 Å². The van der Waals surface area contributed by atoms with E-state index in [1.165, 1.54) is 0 Å². The van der Waals surface area contributed by atoms with E-state index in [4.69, 9.17) is 4.74 Å². The molecule has 160 valence electrons. The molecule has 3 aromatic carbocycles. The molecule has 0 radical (unpaired) electrons. The van der Waals surface area contributed by atoms with Gasteiger partial charge in [-0.1, -0.05) is 46.3 Å². The summed E-state index contributed by atoms with van der Waals surface area (Å²) in [6.45, 7) is 3.83. The lowest BCUT2D eigenvalue weighted by Crippen LogP contribution is -2.16. The Bertz CT molecular complexity index is 1030. The molecule has 0 unspecified atom stereocenters. The first-order valence-corrected chi connectivity index (χ1v) is 10.9. The van der Waals surface area contributed by atoms with E-state index in [9.17, 15) is 9.59 Å². The summed E-state index contributed by atoms with van der Waals surface area (Å²) in [6.07, 6.45) is 1.05. The number of hydrogen-bond acceptors (Lipinski definition) is 3. The Morgan fingerprint density at radius 1 is 0.903 bits per heavy atom. The van der Waals surface area contributed by atoms with Crippen LogP contribution in [0.3, 0.4) is 0 Å². The van der Waals surface area contributed by atoms with Gasteiger partial charge in [0, 0.05) is 22.3 Å². The summed E-state index contributed by atoms with van der Waals surface area (Å²) in [5.74, 6) is 0.208. The average Bonchev–Trinajstić information content (AvgIpc) is 2.75. The van der Waals surface area contributed by atoms with Crippen LogP contribution in [0.25, 0.3) is 0 Å². The number of amides is 2. The normalized spacial score (nSPS) is 10.6. The van der Waals surface area contributed by atoms with E-state index in [0.717, 1.165) is 10.0 Å². The molecule has 0 aliphatic carbocycles. The van der Waals surface area contributed by atoms with Crippen molar-refractivity contribution in [1.29, 1.82) is 0 Å². The Kier molecular flexibility index (Phi) is 7.84. The maximum Gasteiger partial charge on any atom is 0.259 e. The molecule has 5 nitrogen and oxygen atoms in total. The van der Waals surface area contributed by atoms with E-state index in [0.29, 0.717) is 35.5 Å². The van der Waals surface area contributed by atoms with Crippen LogP contribution in [0, 0.1) is 0 Å². The summed E-state index contributed by atoms with van der Waals surface area (Å²) < 4.78 is 6.54. The number of hydrogen-bond donors (Lipinski definition) is 2. The van der Waals surface area contributed by atoms with Crippen molar-refractivity contribution in [1.82, 2.24) is 0 Å². The molecule has 31 heavy (non-hydrogen) atoms. The highest BCUT2D eigenvalue weighted by molar-refractivity contribution is 9.10. The molecule has 0 saturated heterocycles. The van der Waals surface area contributed by atoms with E-state index in [-0.39, 0.29) is 17.9 Å². The molecular formula is C25H25BrN2O3. The lowest BCUT2D eigenvalue weighted by Gasteiger charge is -2.15. The largest absolute Gasteiger partial charge is 0.490 e. The van der Waals surface area contributed by atoms with Crippen LogP contribution in [0.2, 0.25) is 0 Å². The highest BCUT2D eigenvalue weighted by Crippen LogP contribution is 2.25. The van der Waals surface area contributed by atoms with Crippen molar-refractivity contribution >= 4 is 39.1 Å². The maximum absolute atomic E-state index is 12.8. The number of nitrogens with one attached hydrogen (secondary N) is 2. The Hall–Kier alpha value is -3.12. The van der Waals surface area contributed by atoms with Crippen molar-refractivity contribution in [2.24, 2.45) is 0 Å². The smallest absolute Gasteiger partial charge is 0.259 e. The highest BCUT2D eigenvalue weighted by Gasteiger charge is 2.15. The van der Waals surface area contributed by atoms with E-state index in [2.05, 4.69) is 26.6 Å². The van der Waals surface area contributed by atoms with Crippen LogP contribution in [0.15, 0.2) is 77.3 Å². The van der Waals surface area contributed by atoms with Crippen molar-refractivity contribution in [2.75, 3.05) is 10.6 Å². The van der Waals surface area contributed by atoms with Crippen LogP contribution in [-0.2, 0) is 11.2 Å². The molecule has 0 saturated carbocycles. The highest BCUT2D eigenvalue weighted by atomic mass is 79.9. The van der Waals surface area contributed by atoms with Crippen LogP contribution in [0.4, 0.5) is 11.4 Å². The molecule has 2 amide bonds. The lowest BCUT2D eigenvalue weighted by molar-refractivity contribution is -0.116. The zero-order valence-corrected chi connectivity index (χ0v) is 19.1. The fourth-order valence-corrected chi connectivity index (χ4v) is 3.36. The molecule has 0 atom stereocenters. The van der Waals surface area contributed by atoms with Crippen LogP contribution >= 0.6 is 15.9 Å². The van der Waals surface area contributed by atoms with Crippen molar-refractivity contribution in [3.05, 3.63) is 88.4 Å². The van der Waals surface area contributed by atoms with E-state index < -0.39 is 0 Å². The number of halogens is 1. The van der Waals surface area contributed by atoms with Crippen molar-refractivity contribution in [3.8, 4) is 5.75 Å². The molecule has 0 aliphatic rings. The number of ether oxygens (including phenoxy) is 1. The van der Waals surface area contributed by atoms with Gasteiger partial charge in [0.25, 0.3) is 5.91 Å². The molecule has 0 fully saturated rings. The van der Waals surface area contributed by atoms with Gasteiger partial charge in [-0.25, -0.2) is 0 Å². The molecule has 2 N–H and O–H groups in total. The summed E-state index contributed by atoms with van der Waals surface area (Å²) >= 11 is 3.40. The first kappa shape index (κ1) is 22.6. The lowest BCUT2D eigenvalue weighted by atomic mass is 10.1. The number of benzene rings is 3. The fraction of sp³-hybridized carbons (Fsp3) is 0.200. The molecule has 0 bridgehead atoms. The second-order valence-corrected chi connectivity index (χ2v) is 8.29. The SMILES string of the molecule is CC(C)Oc1ccc(Br)cc1C(=O)Nc1ccc(NC(=O)CCc2ccccc2)cc1. The predicted molar refractivity (Wildman–Crippen MR) is 128 cm³/mol. The van der Waals surface area contributed by atoms with Gasteiger partial charge in [-0.3, -0.25) is 9.59 Å². The number of anilines is 2. The topological polar surface area (TPSA) is 67.4 Å². The van der Waals surface area contributed by atoms with Crippen LogP contribution in [-0.4, -0.2) is 17.9 Å². The molecule has 0 aliphatic heterocycles. The minimum Gasteiger partial charge on any atom is -0.490 e. The van der Waals surface area contributed by atoms with Gasteiger partial charge < -0.3 is 15.4 Å². The van der Waals surface area contributed by atoms with E-state index in [1.807, 2.05) is 50.2 Å². The van der Waals surface area contributed by atoms with Crippen molar-refractivity contribution < 1.29 is 14.3 Å². The number of carbonyl (C=O) groups excluding carboxylic acids is 2. The molecular weight excluding hydrogens is 456 g/mol. The van der Waals surface area contributed by atoms with Gasteiger partial charge in [0.05, 0.1) is 11.7 Å². The minimum atomic E-state index is -0.267. The standard InChI is InChI=1S/C25H25BrN2O3/c1-17(2)31-23-14-9-19(26)16-22(23)25(30)28-21-12-10-20(11-13-21)27-24(29)15-8-18-6-4-3-5-7-18/h3-7,9-14,16-17H,8,15H2,1-2H3,(H,27,29)(H,28,30). The van der Waals surface area contributed by atoms with Gasteiger partial charge in [0.1, 0.15) is 5.75 Å². The average molecular weight is 481 g/mol. The molecule has 0 aromatic heterocycles. The van der Waals surface area contributed by atoms with Gasteiger partial charge in [-0.15, -0.1) is 0 Å². The third kappa shape index (κ3) is 6.96. The van der Waals surface area contributed by atoms with Gasteiger partial charge in [0.15, 0.2) is 0 Å². The molecule has 3 rings (SSSR count). The van der Waals surface area contributed by atoms with Crippen LogP contribution < -0.4 is 15.4 Å². The molecule has 6 heteroatoms. The van der Waals surface area contributed by atoms with Crippen LogP contribution in [0.5, 0.6) is 5.75 Å². The quantitative estimate of drug-likeness (QED) is 0.411. The molecule has 3 aromatic rings. The summed E-state index contributed by atoms with van der Waals surface area (Å²) in [4.78, 5) is 25.0. The minimum absolute atomic E-state index is 0.0440. The second kappa shape index (κ2) is 10.8. The maximum atomic E-state index is 12.8. The third-order valence-corrected chi connectivity index (χ3v) is 4.95. The van der Waals surface area contributed by atoms with Gasteiger partial charge in [-0.2, -0.15) is 0 Å². The van der Waals surface area contributed by atoms with Gasteiger partial charge in [0.2, 0.25) is 5.91 Å². The van der Waals surface area contributed by atoms with Gasteiger partial charge in [-0.05, 0) is 68.3 Å². The Balaban J connectivity index is 1.58. The van der Waals surface area contributed by atoms with Crippen molar-refractivity contribution in [3.63, 3.8) is 0 Å². The fourth-order valence-electron chi connectivity index (χ4n) is 3.00. The number of carbonyl (C=O) groups is 2. The number of rotatable bonds is 8. The summed E-state index contributed by atoms with van der Waals surface area (Å²) in [7, 11) is 0. The van der Waals surface area contributed by atoms with E-state index in [1.54, 1.807) is 36.4 Å². The summed E-state index contributed by atoms with van der Waals surface area (Å²) in [5, 5.41) is 5.76. The number of aryl methyl sites for hydroxylation is 1. The Morgan fingerprint density at radius 3 is 2.19 bits per heavy atom. The van der Waals surface area contributed by atoms with Gasteiger partial charge >= 0.3 is 0 Å². The van der Waals surface area contributed by atoms with Crippen LogP contribution in [0.1, 0.15) is 36.2 Å². The Morgan fingerprint density at radius 2 is 1.55 bits per heavy atom. The Labute approximate surface area is 191 Å². The second-order valence-electron chi connectivity index (χ2n) is 7.37. The first-order chi connectivity index (χ1) is 14.9. The summed E-state index contributed by atoms with van der Waals surface area (Å²) in [6, 6.07) is 22.3. The summed E-state index contributed by atoms with van der Waals surface area (Å²) in [5.41, 5.74) is 2.88. The zero-order valence-electron chi connectivity index (χ0n) is 17.5. The monoisotopic (exact) mass is 480 g/mol. The van der Waals surface area contributed by atoms with Crippen molar-refractivity contribution in [2.45, 2.75) is 32.8 Å². The molecule has 0 heterocycles. The third-order valence-electron chi connectivity index (χ3n) is 4.46. The first-order valence-electron chi connectivity index (χ1n) is 10.1. The molecule has 0 spiro atoms. The predicted octanol–water partition coefficient (Wildman–Crippen LogP) is 6.06.